The topological polar surface area (TPSA) is 4.93 Å². The molecule has 0 N–H and O–H groups in total. The van der Waals surface area contributed by atoms with E-state index in [1.807, 2.05) is 18.2 Å². The van der Waals surface area contributed by atoms with Gasteiger partial charge in [-0.05, 0) is 18.1 Å². The van der Waals surface area contributed by atoms with Crippen molar-refractivity contribution in [3.63, 3.8) is 0 Å². The van der Waals surface area contributed by atoms with Gasteiger partial charge in [-0.25, -0.2) is 0 Å². The van der Waals surface area contributed by atoms with Gasteiger partial charge in [0.2, 0.25) is 0 Å². The summed E-state index contributed by atoms with van der Waals surface area (Å²) in [5, 5.41) is 1.87. The molecule has 0 aliphatic heterocycles. The first kappa shape index (κ1) is 8.75. The Morgan fingerprint density at radius 1 is 1.31 bits per heavy atom. The summed E-state index contributed by atoms with van der Waals surface area (Å²) in [6.07, 6.45) is 2.41. The first-order chi connectivity index (χ1) is 6.33. The fourth-order valence-electron chi connectivity index (χ4n) is 1.51. The predicted octanol–water partition coefficient (Wildman–Crippen LogP) is 3.31. The number of para-hydroxylation sites is 1. The SMILES string of the molecule is Fn1cc(CCBr)c2ccccc21. The molecule has 1 aromatic heterocycles. The number of halogens is 2. The third-order valence-corrected chi connectivity index (χ3v) is 2.51. The smallest absolute Gasteiger partial charge is 0.0815 e. The Balaban J connectivity index is 2.63. The first-order valence-electron chi connectivity index (χ1n) is 4.14. The van der Waals surface area contributed by atoms with Crippen molar-refractivity contribution < 1.29 is 4.48 Å². The van der Waals surface area contributed by atoms with Gasteiger partial charge in [-0.15, -0.1) is 0 Å². The number of aromatic nitrogens is 1. The Kier molecular flexibility index (Phi) is 2.36. The van der Waals surface area contributed by atoms with Crippen LogP contribution in [0.3, 0.4) is 0 Å². The highest BCUT2D eigenvalue weighted by Crippen LogP contribution is 2.21. The molecule has 1 nitrogen and oxygen atoms in total. The van der Waals surface area contributed by atoms with Crippen molar-refractivity contribution >= 4 is 26.8 Å². The van der Waals surface area contributed by atoms with Gasteiger partial charge in [0.25, 0.3) is 0 Å². The molecular weight excluding hydrogens is 233 g/mol. The summed E-state index contributed by atoms with van der Waals surface area (Å²) in [4.78, 5) is 0.688. The summed E-state index contributed by atoms with van der Waals surface area (Å²) in [7, 11) is 0. The number of fused-ring (bicyclic) bond motifs is 1. The van der Waals surface area contributed by atoms with Crippen molar-refractivity contribution in [2.45, 2.75) is 6.42 Å². The summed E-state index contributed by atoms with van der Waals surface area (Å²) >= 11 is 3.35. The molecule has 3 heteroatoms. The lowest BCUT2D eigenvalue weighted by Gasteiger charge is -1.92. The molecular formula is C10H9BrFN. The van der Waals surface area contributed by atoms with Crippen LogP contribution in [0, 0.1) is 0 Å². The summed E-state index contributed by atoms with van der Waals surface area (Å²) < 4.78 is 13.2. The lowest BCUT2D eigenvalue weighted by Crippen LogP contribution is -1.81. The molecule has 0 aliphatic rings. The number of hydrogen-bond acceptors (Lipinski definition) is 0. The van der Waals surface area contributed by atoms with Gasteiger partial charge in [0, 0.05) is 16.9 Å². The average Bonchev–Trinajstić information content (AvgIpc) is 2.46. The third kappa shape index (κ3) is 1.48. The fourth-order valence-corrected chi connectivity index (χ4v) is 1.94. The zero-order chi connectivity index (χ0) is 9.26. The molecule has 0 bridgehead atoms. The van der Waals surface area contributed by atoms with Crippen LogP contribution in [0.1, 0.15) is 5.56 Å². The van der Waals surface area contributed by atoms with Crippen molar-refractivity contribution in [3.8, 4) is 0 Å². The quantitative estimate of drug-likeness (QED) is 0.712. The highest BCUT2D eigenvalue weighted by Gasteiger charge is 2.05. The van der Waals surface area contributed by atoms with E-state index in [4.69, 9.17) is 0 Å². The maximum absolute atomic E-state index is 13.2. The van der Waals surface area contributed by atoms with E-state index in [9.17, 15) is 4.48 Å². The van der Waals surface area contributed by atoms with Crippen LogP contribution in [0.15, 0.2) is 30.5 Å². The van der Waals surface area contributed by atoms with Gasteiger partial charge in [0.1, 0.15) is 0 Å². The normalized spacial score (nSPS) is 10.9. The van der Waals surface area contributed by atoms with E-state index >= 15 is 0 Å². The fraction of sp³-hybridized carbons (Fsp3) is 0.200. The van der Waals surface area contributed by atoms with Crippen LogP contribution >= 0.6 is 15.9 Å². The van der Waals surface area contributed by atoms with Crippen LogP contribution in [0.4, 0.5) is 4.48 Å². The van der Waals surface area contributed by atoms with Crippen LogP contribution in [-0.4, -0.2) is 10.1 Å². The number of aryl methyl sites for hydroxylation is 1. The van der Waals surface area contributed by atoms with Gasteiger partial charge in [-0.3, -0.25) is 0 Å². The summed E-state index contributed by atoms with van der Waals surface area (Å²) in [5.41, 5.74) is 1.70. The molecule has 0 atom stereocenters. The molecule has 13 heavy (non-hydrogen) atoms. The van der Waals surface area contributed by atoms with E-state index in [2.05, 4.69) is 15.9 Å². The molecule has 1 aromatic carbocycles. The minimum Gasteiger partial charge on any atom is -0.186 e. The van der Waals surface area contributed by atoms with Gasteiger partial charge < -0.3 is 0 Å². The van der Waals surface area contributed by atoms with Crippen LogP contribution in [0.2, 0.25) is 0 Å². The van der Waals surface area contributed by atoms with Crippen molar-refractivity contribution in [2.75, 3.05) is 5.33 Å². The second-order valence-corrected chi connectivity index (χ2v) is 3.71. The van der Waals surface area contributed by atoms with E-state index < -0.39 is 0 Å². The molecule has 1 heterocycles. The van der Waals surface area contributed by atoms with Crippen LogP contribution < -0.4 is 0 Å². The first-order valence-corrected chi connectivity index (χ1v) is 5.26. The van der Waals surface area contributed by atoms with E-state index in [0.717, 1.165) is 22.7 Å². The largest absolute Gasteiger partial charge is 0.186 e. The van der Waals surface area contributed by atoms with Gasteiger partial charge in [0.05, 0.1) is 5.52 Å². The molecule has 0 fully saturated rings. The summed E-state index contributed by atoms with van der Waals surface area (Å²) in [5.74, 6) is 0. The van der Waals surface area contributed by atoms with Crippen LogP contribution in [0.5, 0.6) is 0 Å². The molecule has 0 unspecified atom stereocenters. The number of hydrogen-bond donors (Lipinski definition) is 0. The average molecular weight is 242 g/mol. The molecule has 0 aliphatic carbocycles. The zero-order valence-electron chi connectivity index (χ0n) is 7.00. The molecule has 0 saturated heterocycles. The Morgan fingerprint density at radius 3 is 2.85 bits per heavy atom. The summed E-state index contributed by atoms with van der Waals surface area (Å²) in [6, 6.07) is 7.51. The standard InChI is InChI=1S/C10H9BrFN/c11-6-5-8-7-13(12)10-4-2-1-3-9(8)10/h1-4,7H,5-6H2. The maximum atomic E-state index is 13.2. The maximum Gasteiger partial charge on any atom is 0.0815 e. The lowest BCUT2D eigenvalue weighted by atomic mass is 10.1. The molecule has 2 rings (SSSR count). The molecule has 0 radical (unpaired) electrons. The van der Waals surface area contributed by atoms with Crippen molar-refractivity contribution in [3.05, 3.63) is 36.0 Å². The summed E-state index contributed by atoms with van der Waals surface area (Å²) in [6.45, 7) is 0. The van der Waals surface area contributed by atoms with E-state index in [1.165, 1.54) is 0 Å². The van der Waals surface area contributed by atoms with Crippen molar-refractivity contribution in [1.82, 2.24) is 4.79 Å². The van der Waals surface area contributed by atoms with E-state index in [0.29, 0.717) is 10.3 Å². The third-order valence-electron chi connectivity index (χ3n) is 2.11. The Morgan fingerprint density at radius 2 is 2.08 bits per heavy atom. The van der Waals surface area contributed by atoms with Crippen LogP contribution in [0.25, 0.3) is 10.9 Å². The number of alkyl halides is 1. The predicted molar refractivity (Wildman–Crippen MR) is 55.9 cm³/mol. The van der Waals surface area contributed by atoms with Gasteiger partial charge in [-0.2, -0.15) is 4.79 Å². The highest BCUT2D eigenvalue weighted by molar-refractivity contribution is 9.09. The number of benzene rings is 1. The Labute approximate surface area is 84.2 Å². The van der Waals surface area contributed by atoms with E-state index in [-0.39, 0.29) is 0 Å². The highest BCUT2D eigenvalue weighted by atomic mass is 79.9. The molecule has 0 spiro atoms. The van der Waals surface area contributed by atoms with Gasteiger partial charge in [0.15, 0.2) is 0 Å². The van der Waals surface area contributed by atoms with Gasteiger partial charge in [-0.1, -0.05) is 38.6 Å². The van der Waals surface area contributed by atoms with Crippen molar-refractivity contribution in [1.29, 1.82) is 0 Å². The van der Waals surface area contributed by atoms with Crippen LogP contribution in [-0.2, 0) is 6.42 Å². The zero-order valence-corrected chi connectivity index (χ0v) is 8.59. The van der Waals surface area contributed by atoms with E-state index in [1.54, 1.807) is 12.3 Å². The lowest BCUT2D eigenvalue weighted by molar-refractivity contribution is 0.387. The number of nitrogens with zero attached hydrogens (tertiary/aromatic N) is 1. The monoisotopic (exact) mass is 241 g/mol. The minimum atomic E-state index is 0.651. The molecule has 0 saturated carbocycles. The molecule has 2 aromatic rings. The number of rotatable bonds is 2. The van der Waals surface area contributed by atoms with Crippen molar-refractivity contribution in [2.24, 2.45) is 0 Å². The molecule has 0 amide bonds. The second-order valence-electron chi connectivity index (χ2n) is 2.92. The second kappa shape index (κ2) is 3.50. The Bertz CT molecular complexity index is 422. The minimum absolute atomic E-state index is 0.651. The van der Waals surface area contributed by atoms with Gasteiger partial charge >= 0.3 is 0 Å². The molecule has 68 valence electrons. The Hall–Kier alpha value is -0.830.